The topological polar surface area (TPSA) is 87.7 Å². The van der Waals surface area contributed by atoms with Crippen molar-refractivity contribution in [2.24, 2.45) is 0 Å². The number of aryl methyl sites for hydroxylation is 2. The van der Waals surface area contributed by atoms with E-state index in [1.807, 2.05) is 35.2 Å². The number of ether oxygens (including phenoxy) is 1. The maximum Gasteiger partial charge on any atom is 0.313 e. The van der Waals surface area contributed by atoms with Crippen molar-refractivity contribution in [2.75, 3.05) is 36.5 Å². The lowest BCUT2D eigenvalue weighted by Gasteiger charge is -2.36. The number of hydrogen-bond donors (Lipinski definition) is 2. The van der Waals surface area contributed by atoms with E-state index in [9.17, 15) is 14.4 Å². The number of nitrogens with zero attached hydrogens (tertiary/aromatic N) is 1. The molecule has 2 aromatic carbocycles. The van der Waals surface area contributed by atoms with Crippen molar-refractivity contribution in [1.29, 1.82) is 0 Å². The van der Waals surface area contributed by atoms with Crippen molar-refractivity contribution in [3.8, 4) is 0 Å². The van der Waals surface area contributed by atoms with E-state index < -0.39 is 11.8 Å². The monoisotopic (exact) mass is 479 g/mol. The van der Waals surface area contributed by atoms with Crippen molar-refractivity contribution in [1.82, 2.24) is 5.32 Å². The third-order valence-corrected chi connectivity index (χ3v) is 8.29. The van der Waals surface area contributed by atoms with E-state index in [0.29, 0.717) is 38.3 Å². The summed E-state index contributed by atoms with van der Waals surface area (Å²) in [6.07, 6.45) is 4.52. The zero-order chi connectivity index (χ0) is 23.5. The van der Waals surface area contributed by atoms with Gasteiger partial charge in [0.25, 0.3) is 0 Å². The summed E-state index contributed by atoms with van der Waals surface area (Å²) in [5.41, 5.74) is 3.75. The SMILES string of the molecule is O=C(NCC1(Sc2ccccc2)CCOCC1)C(=O)Nc1cc2c3c(c1)CCC(=O)N3CCC2. The molecule has 0 unspecified atom stereocenters. The fraction of sp³-hybridized carbons (Fsp3) is 0.423. The quantitative estimate of drug-likeness (QED) is 0.643. The Hall–Kier alpha value is -2.84. The fourth-order valence-electron chi connectivity index (χ4n) is 5.03. The van der Waals surface area contributed by atoms with E-state index in [4.69, 9.17) is 4.74 Å². The normalized spacial score (nSPS) is 18.7. The number of rotatable bonds is 5. The minimum absolute atomic E-state index is 0.167. The Morgan fingerprint density at radius 3 is 2.50 bits per heavy atom. The van der Waals surface area contributed by atoms with Crippen molar-refractivity contribution >= 4 is 40.9 Å². The van der Waals surface area contributed by atoms with Crippen LogP contribution >= 0.6 is 11.8 Å². The van der Waals surface area contributed by atoms with Gasteiger partial charge in [-0.15, -0.1) is 11.8 Å². The molecule has 7 nitrogen and oxygen atoms in total. The molecule has 0 aliphatic carbocycles. The summed E-state index contributed by atoms with van der Waals surface area (Å²) in [5.74, 6) is -1.14. The largest absolute Gasteiger partial charge is 0.381 e. The Morgan fingerprint density at radius 1 is 1.00 bits per heavy atom. The van der Waals surface area contributed by atoms with Gasteiger partial charge in [0.15, 0.2) is 0 Å². The maximum absolute atomic E-state index is 12.7. The first-order chi connectivity index (χ1) is 16.5. The van der Waals surface area contributed by atoms with Gasteiger partial charge >= 0.3 is 11.8 Å². The number of carbonyl (C=O) groups excluding carboxylic acids is 3. The molecular weight excluding hydrogens is 450 g/mol. The average Bonchev–Trinajstić information content (AvgIpc) is 2.86. The first kappa shape index (κ1) is 22.9. The van der Waals surface area contributed by atoms with Crippen molar-refractivity contribution < 1.29 is 19.1 Å². The van der Waals surface area contributed by atoms with Gasteiger partial charge in [0.05, 0.1) is 5.69 Å². The number of carbonyl (C=O) groups is 3. The van der Waals surface area contributed by atoms with Crippen LogP contribution in [-0.2, 0) is 32.0 Å². The molecule has 1 saturated heterocycles. The molecule has 0 bridgehead atoms. The predicted octanol–water partition coefficient (Wildman–Crippen LogP) is 3.31. The second-order valence-corrected chi connectivity index (χ2v) is 10.7. The minimum atomic E-state index is -0.668. The predicted molar refractivity (Wildman–Crippen MR) is 132 cm³/mol. The van der Waals surface area contributed by atoms with Crippen molar-refractivity contribution in [2.45, 2.75) is 48.2 Å². The number of hydrogen-bond acceptors (Lipinski definition) is 5. The van der Waals surface area contributed by atoms with Gasteiger partial charge in [-0.3, -0.25) is 14.4 Å². The molecule has 0 spiro atoms. The van der Waals surface area contributed by atoms with Gasteiger partial charge in [0, 0.05) is 48.1 Å². The zero-order valence-corrected chi connectivity index (χ0v) is 19.9. The standard InChI is InChI=1S/C26H29N3O4S/c30-22-9-8-19-16-20(15-18-5-4-12-29(22)23(18)19)28-25(32)24(31)27-17-26(10-13-33-14-11-26)34-21-6-2-1-3-7-21/h1-3,6-7,15-16H,4-5,8-14,17H2,(H,27,31)(H,28,32). The third-order valence-electron chi connectivity index (χ3n) is 6.79. The molecule has 3 aliphatic heterocycles. The minimum Gasteiger partial charge on any atom is -0.381 e. The molecule has 3 amide bonds. The van der Waals surface area contributed by atoms with E-state index in [2.05, 4.69) is 22.8 Å². The molecule has 3 heterocycles. The Balaban J connectivity index is 1.25. The molecule has 0 radical (unpaired) electrons. The average molecular weight is 480 g/mol. The van der Waals surface area contributed by atoms with Crippen LogP contribution in [0.5, 0.6) is 0 Å². The van der Waals surface area contributed by atoms with Crippen LogP contribution in [0.15, 0.2) is 47.4 Å². The molecule has 3 aliphatic rings. The van der Waals surface area contributed by atoms with E-state index in [0.717, 1.165) is 53.9 Å². The van der Waals surface area contributed by atoms with Crippen LogP contribution < -0.4 is 15.5 Å². The first-order valence-electron chi connectivity index (χ1n) is 11.9. The Kier molecular flexibility index (Phi) is 6.61. The number of thioether (sulfide) groups is 1. The van der Waals surface area contributed by atoms with Gasteiger partial charge < -0.3 is 20.3 Å². The fourth-order valence-corrected chi connectivity index (χ4v) is 6.34. The lowest BCUT2D eigenvalue weighted by molar-refractivity contribution is -0.136. The molecule has 0 saturated carbocycles. The summed E-state index contributed by atoms with van der Waals surface area (Å²) in [5, 5.41) is 5.65. The van der Waals surface area contributed by atoms with Crippen LogP contribution in [0.2, 0.25) is 0 Å². The molecule has 2 aromatic rings. The number of nitrogens with one attached hydrogen (secondary N) is 2. The molecule has 34 heavy (non-hydrogen) atoms. The second-order valence-electron chi connectivity index (χ2n) is 9.14. The Bertz CT molecular complexity index is 1080. The summed E-state index contributed by atoms with van der Waals surface area (Å²) in [6.45, 7) is 2.42. The van der Waals surface area contributed by atoms with Crippen LogP contribution in [0.3, 0.4) is 0 Å². The van der Waals surface area contributed by atoms with Gasteiger partial charge in [-0.2, -0.15) is 0 Å². The molecular formula is C26H29N3O4S. The molecule has 0 atom stereocenters. The summed E-state index contributed by atoms with van der Waals surface area (Å²) >= 11 is 1.74. The highest BCUT2D eigenvalue weighted by Crippen LogP contribution is 2.40. The van der Waals surface area contributed by atoms with Crippen LogP contribution in [0, 0.1) is 0 Å². The second kappa shape index (κ2) is 9.80. The van der Waals surface area contributed by atoms with Gasteiger partial charge in [0.1, 0.15) is 0 Å². The van der Waals surface area contributed by atoms with Crippen LogP contribution in [0.4, 0.5) is 11.4 Å². The molecule has 178 valence electrons. The van der Waals surface area contributed by atoms with E-state index in [-0.39, 0.29) is 10.7 Å². The Labute approximate surface area is 203 Å². The molecule has 8 heteroatoms. The van der Waals surface area contributed by atoms with Crippen LogP contribution in [-0.4, -0.2) is 48.8 Å². The van der Waals surface area contributed by atoms with Gasteiger partial charge in [0.2, 0.25) is 5.91 Å². The lowest BCUT2D eigenvalue weighted by Crippen LogP contribution is -2.47. The number of amides is 3. The first-order valence-corrected chi connectivity index (χ1v) is 12.7. The van der Waals surface area contributed by atoms with Crippen molar-refractivity contribution in [3.63, 3.8) is 0 Å². The van der Waals surface area contributed by atoms with Crippen LogP contribution in [0.25, 0.3) is 0 Å². The highest BCUT2D eigenvalue weighted by molar-refractivity contribution is 8.00. The molecule has 1 fully saturated rings. The molecule has 2 N–H and O–H groups in total. The summed E-state index contributed by atoms with van der Waals surface area (Å²) in [7, 11) is 0. The van der Waals surface area contributed by atoms with Gasteiger partial charge in [-0.25, -0.2) is 0 Å². The third kappa shape index (κ3) is 4.83. The Morgan fingerprint density at radius 2 is 1.74 bits per heavy atom. The van der Waals surface area contributed by atoms with E-state index in [1.54, 1.807) is 11.8 Å². The van der Waals surface area contributed by atoms with Crippen LogP contribution in [0.1, 0.15) is 36.8 Å². The lowest BCUT2D eigenvalue weighted by atomic mass is 9.91. The van der Waals surface area contributed by atoms with Gasteiger partial charge in [-0.1, -0.05) is 18.2 Å². The zero-order valence-electron chi connectivity index (χ0n) is 19.1. The van der Waals surface area contributed by atoms with E-state index >= 15 is 0 Å². The summed E-state index contributed by atoms with van der Waals surface area (Å²) < 4.78 is 5.35. The molecule has 5 rings (SSSR count). The highest BCUT2D eigenvalue weighted by atomic mass is 32.2. The van der Waals surface area contributed by atoms with Crippen molar-refractivity contribution in [3.05, 3.63) is 53.6 Å². The van der Waals surface area contributed by atoms with E-state index in [1.165, 1.54) is 0 Å². The van der Waals surface area contributed by atoms with Gasteiger partial charge in [-0.05, 0) is 67.5 Å². The molecule has 0 aromatic heterocycles. The smallest absolute Gasteiger partial charge is 0.313 e. The maximum atomic E-state index is 12.7. The number of benzene rings is 2. The highest BCUT2D eigenvalue weighted by Gasteiger charge is 2.35. The number of anilines is 2. The summed E-state index contributed by atoms with van der Waals surface area (Å²) in [6, 6.07) is 13.9. The summed E-state index contributed by atoms with van der Waals surface area (Å²) in [4.78, 5) is 40.7.